The van der Waals surface area contributed by atoms with E-state index in [-0.39, 0.29) is 18.7 Å². The van der Waals surface area contributed by atoms with Crippen LogP contribution in [0.4, 0.5) is 4.79 Å². The van der Waals surface area contributed by atoms with Crippen molar-refractivity contribution in [3.63, 3.8) is 0 Å². The third-order valence-electron chi connectivity index (χ3n) is 3.27. The van der Waals surface area contributed by atoms with Gasteiger partial charge in [-0.3, -0.25) is 0 Å². The normalized spacial score (nSPS) is 28.3. The molecule has 2 unspecified atom stereocenters. The zero-order valence-electron chi connectivity index (χ0n) is 10.5. The van der Waals surface area contributed by atoms with Crippen molar-refractivity contribution in [1.29, 1.82) is 0 Å². The second kappa shape index (κ2) is 6.44. The maximum Gasteiger partial charge on any atom is 0.327 e. The molecule has 0 radical (unpaired) electrons. The van der Waals surface area contributed by atoms with E-state index in [0.717, 1.165) is 5.75 Å². The first kappa shape index (κ1) is 14.4. The number of hydrogen-bond donors (Lipinski definition) is 2. The molecule has 0 aliphatic carbocycles. The molecule has 2 heterocycles. The highest BCUT2D eigenvalue weighted by atomic mass is 32.2. The molecule has 0 saturated carbocycles. The van der Waals surface area contributed by atoms with Crippen molar-refractivity contribution >= 4 is 23.8 Å². The quantitative estimate of drug-likeness (QED) is 0.699. The summed E-state index contributed by atoms with van der Waals surface area (Å²) in [5.41, 5.74) is 0. The van der Waals surface area contributed by atoms with Gasteiger partial charge in [0.1, 0.15) is 6.04 Å². The molecule has 2 amide bonds. The summed E-state index contributed by atoms with van der Waals surface area (Å²) in [6.45, 7) is 1.43. The monoisotopic (exact) mass is 290 g/mol. The number of carboxylic acid groups (broad SMARTS) is 1. The predicted molar refractivity (Wildman–Crippen MR) is 69.2 cm³/mol. The van der Waals surface area contributed by atoms with E-state index in [1.165, 1.54) is 4.90 Å². The van der Waals surface area contributed by atoms with Crippen LogP contribution in [0.1, 0.15) is 0 Å². The van der Waals surface area contributed by atoms with E-state index in [1.807, 2.05) is 0 Å². The number of carboxylic acids is 1. The molecular weight excluding hydrogens is 272 g/mol. The lowest BCUT2D eigenvalue weighted by Gasteiger charge is -2.39. The molecule has 0 aromatic heterocycles. The van der Waals surface area contributed by atoms with E-state index < -0.39 is 12.0 Å². The topological polar surface area (TPSA) is 90.3 Å². The van der Waals surface area contributed by atoms with E-state index in [4.69, 9.17) is 14.9 Å². The van der Waals surface area contributed by atoms with E-state index in [0.29, 0.717) is 32.0 Å². The van der Waals surface area contributed by atoms with Crippen LogP contribution in [0.3, 0.4) is 0 Å². The van der Waals surface area contributed by atoms with Crippen molar-refractivity contribution in [2.75, 3.05) is 44.4 Å². The maximum absolute atomic E-state index is 12.4. The fraction of sp³-hybridized carbons (Fsp3) is 0.818. The first-order chi connectivity index (χ1) is 9.13. The van der Waals surface area contributed by atoms with Crippen LogP contribution in [0, 0.1) is 0 Å². The number of rotatable bonds is 2. The third kappa shape index (κ3) is 3.31. The molecule has 0 aromatic rings. The minimum absolute atomic E-state index is 0.137. The predicted octanol–water partition coefficient (Wildman–Crippen LogP) is -0.698. The molecule has 2 N–H and O–H groups in total. The number of thioether (sulfide) groups is 1. The van der Waals surface area contributed by atoms with Gasteiger partial charge in [-0.2, -0.15) is 11.8 Å². The summed E-state index contributed by atoms with van der Waals surface area (Å²) in [6, 6.07) is -1.03. The molecule has 2 aliphatic rings. The molecule has 2 saturated heterocycles. The third-order valence-corrected chi connectivity index (χ3v) is 4.29. The molecule has 8 heteroatoms. The van der Waals surface area contributed by atoms with Crippen LogP contribution >= 0.6 is 11.8 Å². The summed E-state index contributed by atoms with van der Waals surface area (Å²) in [5, 5.41) is 18.2. The summed E-state index contributed by atoms with van der Waals surface area (Å²) in [7, 11) is 0. The van der Waals surface area contributed by atoms with Crippen LogP contribution in [0.25, 0.3) is 0 Å². The smallest absolute Gasteiger partial charge is 0.327 e. The van der Waals surface area contributed by atoms with Gasteiger partial charge < -0.3 is 24.7 Å². The van der Waals surface area contributed by atoms with Crippen molar-refractivity contribution in [2.45, 2.75) is 12.1 Å². The highest BCUT2D eigenvalue weighted by Crippen LogP contribution is 2.19. The first-order valence-electron chi connectivity index (χ1n) is 6.22. The van der Waals surface area contributed by atoms with Crippen molar-refractivity contribution in [3.8, 4) is 0 Å². The molecule has 2 fully saturated rings. The number of aliphatic hydroxyl groups is 1. The summed E-state index contributed by atoms with van der Waals surface area (Å²) >= 11 is 1.55. The van der Waals surface area contributed by atoms with E-state index >= 15 is 0 Å². The van der Waals surface area contributed by atoms with Crippen molar-refractivity contribution in [3.05, 3.63) is 0 Å². The zero-order valence-corrected chi connectivity index (χ0v) is 11.3. The van der Waals surface area contributed by atoms with Crippen LogP contribution in [-0.2, 0) is 9.53 Å². The number of carbonyl (C=O) groups is 2. The Balaban J connectivity index is 2.02. The fourth-order valence-electron chi connectivity index (χ4n) is 2.22. The van der Waals surface area contributed by atoms with Gasteiger partial charge in [0.2, 0.25) is 0 Å². The number of aliphatic carboxylic acids is 1. The number of morpholine rings is 1. The van der Waals surface area contributed by atoms with Crippen molar-refractivity contribution in [2.24, 2.45) is 0 Å². The Morgan fingerprint density at radius 1 is 1.37 bits per heavy atom. The molecule has 2 aliphatic heterocycles. The second-order valence-corrected chi connectivity index (χ2v) is 5.68. The maximum atomic E-state index is 12.4. The van der Waals surface area contributed by atoms with Gasteiger partial charge in [-0.15, -0.1) is 0 Å². The Morgan fingerprint density at radius 3 is 2.84 bits per heavy atom. The molecule has 0 spiro atoms. The van der Waals surface area contributed by atoms with Crippen LogP contribution in [0.5, 0.6) is 0 Å². The number of hydrogen-bond acceptors (Lipinski definition) is 5. The summed E-state index contributed by atoms with van der Waals surface area (Å²) < 4.78 is 5.29. The molecular formula is C11H18N2O5S. The van der Waals surface area contributed by atoms with Crippen LogP contribution in [0.2, 0.25) is 0 Å². The summed E-state index contributed by atoms with van der Waals surface area (Å²) in [6.07, 6.45) is -0.375. The molecule has 7 nitrogen and oxygen atoms in total. The molecule has 0 aromatic carbocycles. The van der Waals surface area contributed by atoms with Gasteiger partial charge in [0.25, 0.3) is 0 Å². The van der Waals surface area contributed by atoms with Crippen LogP contribution < -0.4 is 0 Å². The number of amides is 2. The fourth-order valence-corrected chi connectivity index (χ4v) is 3.26. The molecule has 2 atom stereocenters. The zero-order chi connectivity index (χ0) is 13.8. The lowest BCUT2D eigenvalue weighted by atomic mass is 10.2. The van der Waals surface area contributed by atoms with Crippen LogP contribution in [0.15, 0.2) is 0 Å². The van der Waals surface area contributed by atoms with Gasteiger partial charge in [-0.1, -0.05) is 0 Å². The van der Waals surface area contributed by atoms with Gasteiger partial charge in [0.05, 0.1) is 25.9 Å². The largest absolute Gasteiger partial charge is 0.480 e. The Labute approximate surface area is 115 Å². The van der Waals surface area contributed by atoms with Gasteiger partial charge in [-0.05, 0) is 0 Å². The Bertz CT molecular complexity index is 354. The van der Waals surface area contributed by atoms with Gasteiger partial charge in [0, 0.05) is 24.6 Å². The van der Waals surface area contributed by atoms with Gasteiger partial charge in [0.15, 0.2) is 0 Å². The lowest BCUT2D eigenvalue weighted by molar-refractivity contribution is -0.141. The molecule has 108 valence electrons. The van der Waals surface area contributed by atoms with E-state index in [2.05, 4.69) is 0 Å². The average molecular weight is 290 g/mol. The van der Waals surface area contributed by atoms with Crippen molar-refractivity contribution in [1.82, 2.24) is 9.80 Å². The van der Waals surface area contributed by atoms with Gasteiger partial charge >= 0.3 is 12.0 Å². The Morgan fingerprint density at radius 2 is 2.16 bits per heavy atom. The van der Waals surface area contributed by atoms with Crippen LogP contribution in [-0.4, -0.2) is 88.5 Å². The number of aliphatic hydroxyl groups excluding tert-OH is 1. The standard InChI is InChI=1S/C11H18N2O5S/c14-6-8-5-12(1-3-18-8)11(17)13-2-4-19-7-9(13)10(15)16/h8-9,14H,1-7H2,(H,15,16). The first-order valence-corrected chi connectivity index (χ1v) is 7.37. The lowest BCUT2D eigenvalue weighted by Crippen LogP contribution is -2.58. The molecule has 19 heavy (non-hydrogen) atoms. The number of carbonyl (C=O) groups excluding carboxylic acids is 1. The van der Waals surface area contributed by atoms with E-state index in [1.54, 1.807) is 16.7 Å². The Kier molecular flexibility index (Phi) is 4.89. The van der Waals surface area contributed by atoms with Crippen molar-refractivity contribution < 1.29 is 24.5 Å². The minimum atomic E-state index is -0.965. The summed E-state index contributed by atoms with van der Waals surface area (Å²) in [4.78, 5) is 26.5. The van der Waals surface area contributed by atoms with E-state index in [9.17, 15) is 9.59 Å². The average Bonchev–Trinajstić information content (AvgIpc) is 2.46. The SMILES string of the molecule is O=C(O)C1CSCCN1C(=O)N1CCOC(CO)C1. The number of ether oxygens (including phenoxy) is 1. The summed E-state index contributed by atoms with van der Waals surface area (Å²) in [5.74, 6) is 0.213. The van der Waals surface area contributed by atoms with Gasteiger partial charge in [-0.25, -0.2) is 9.59 Å². The Hall–Kier alpha value is -0.990. The number of urea groups is 1. The second-order valence-electron chi connectivity index (χ2n) is 4.53. The highest BCUT2D eigenvalue weighted by Gasteiger charge is 2.36. The number of nitrogens with zero attached hydrogens (tertiary/aromatic N) is 2. The minimum Gasteiger partial charge on any atom is -0.480 e. The highest BCUT2D eigenvalue weighted by molar-refractivity contribution is 7.99. The molecule has 0 bridgehead atoms. The molecule has 2 rings (SSSR count).